The topological polar surface area (TPSA) is 42.2 Å². The summed E-state index contributed by atoms with van der Waals surface area (Å²) in [6.45, 7) is 5.18. The van der Waals surface area contributed by atoms with Crippen molar-refractivity contribution in [3.63, 3.8) is 0 Å². The Morgan fingerprint density at radius 2 is 2.22 bits per heavy atom. The SMILES string of the molecule is Cc1ncsc1CN(C)C(C)c1cccc(N)c1. The van der Waals surface area contributed by atoms with Crippen molar-refractivity contribution in [1.29, 1.82) is 0 Å². The molecule has 2 rings (SSSR count). The Hall–Kier alpha value is -1.39. The van der Waals surface area contributed by atoms with Crippen LogP contribution in [0.15, 0.2) is 29.8 Å². The van der Waals surface area contributed by atoms with Crippen LogP contribution in [0.4, 0.5) is 5.69 Å². The molecule has 0 saturated heterocycles. The van der Waals surface area contributed by atoms with Gasteiger partial charge >= 0.3 is 0 Å². The summed E-state index contributed by atoms with van der Waals surface area (Å²) in [5.41, 5.74) is 10.9. The highest BCUT2D eigenvalue weighted by Crippen LogP contribution is 2.24. The van der Waals surface area contributed by atoms with Gasteiger partial charge in [-0.15, -0.1) is 11.3 Å². The van der Waals surface area contributed by atoms with Gasteiger partial charge in [0.2, 0.25) is 0 Å². The number of nitrogens with zero attached hydrogens (tertiary/aromatic N) is 2. The third-order valence-corrected chi connectivity index (χ3v) is 4.21. The molecule has 0 radical (unpaired) electrons. The zero-order valence-corrected chi connectivity index (χ0v) is 11.9. The summed E-state index contributed by atoms with van der Waals surface area (Å²) in [4.78, 5) is 7.93. The number of anilines is 1. The average Bonchev–Trinajstić information content (AvgIpc) is 2.74. The highest BCUT2D eigenvalue weighted by molar-refractivity contribution is 7.09. The van der Waals surface area contributed by atoms with Gasteiger partial charge in [0.05, 0.1) is 11.2 Å². The van der Waals surface area contributed by atoms with Gasteiger partial charge in [0.1, 0.15) is 0 Å². The first-order valence-corrected chi connectivity index (χ1v) is 6.90. The zero-order chi connectivity index (χ0) is 13.1. The molecule has 18 heavy (non-hydrogen) atoms. The van der Waals surface area contributed by atoms with Gasteiger partial charge in [-0.3, -0.25) is 4.90 Å². The largest absolute Gasteiger partial charge is 0.399 e. The lowest BCUT2D eigenvalue weighted by Crippen LogP contribution is -2.21. The molecule has 2 aromatic rings. The number of nitrogens with two attached hydrogens (primary N) is 1. The van der Waals surface area contributed by atoms with Crippen LogP contribution in [0.1, 0.15) is 29.1 Å². The molecule has 2 N–H and O–H groups in total. The molecule has 0 spiro atoms. The molecule has 1 aromatic carbocycles. The second-order valence-electron chi connectivity index (χ2n) is 4.62. The second kappa shape index (κ2) is 5.50. The first-order chi connectivity index (χ1) is 8.58. The van der Waals surface area contributed by atoms with E-state index in [0.717, 1.165) is 17.9 Å². The van der Waals surface area contributed by atoms with E-state index in [0.29, 0.717) is 6.04 Å². The lowest BCUT2D eigenvalue weighted by molar-refractivity contribution is 0.255. The predicted octanol–water partition coefficient (Wildman–Crippen LogP) is 3.23. The molecule has 1 heterocycles. The van der Waals surface area contributed by atoms with E-state index in [4.69, 9.17) is 5.73 Å². The van der Waals surface area contributed by atoms with Gasteiger partial charge in [-0.2, -0.15) is 0 Å². The molecule has 3 nitrogen and oxygen atoms in total. The maximum atomic E-state index is 5.83. The van der Waals surface area contributed by atoms with Crippen molar-refractivity contribution in [2.45, 2.75) is 26.4 Å². The number of aryl methyl sites for hydroxylation is 1. The molecule has 0 amide bonds. The fraction of sp³-hybridized carbons (Fsp3) is 0.357. The normalized spacial score (nSPS) is 12.9. The quantitative estimate of drug-likeness (QED) is 0.859. The molecule has 4 heteroatoms. The van der Waals surface area contributed by atoms with Crippen LogP contribution in [0, 0.1) is 6.92 Å². The number of thiazole rings is 1. The predicted molar refractivity (Wildman–Crippen MR) is 77.6 cm³/mol. The molecule has 0 aliphatic carbocycles. The Balaban J connectivity index is 2.09. The van der Waals surface area contributed by atoms with Crippen LogP contribution in [0.3, 0.4) is 0 Å². The monoisotopic (exact) mass is 261 g/mol. The van der Waals surface area contributed by atoms with Gasteiger partial charge < -0.3 is 5.73 Å². The summed E-state index contributed by atoms with van der Waals surface area (Å²) in [5.74, 6) is 0. The van der Waals surface area contributed by atoms with Crippen molar-refractivity contribution in [3.8, 4) is 0 Å². The molecule has 0 aliphatic heterocycles. The highest BCUT2D eigenvalue weighted by Gasteiger charge is 2.14. The molecule has 0 fully saturated rings. The minimum Gasteiger partial charge on any atom is -0.399 e. The third kappa shape index (κ3) is 2.89. The van der Waals surface area contributed by atoms with Gasteiger partial charge in [0.15, 0.2) is 0 Å². The first-order valence-electron chi connectivity index (χ1n) is 6.02. The number of benzene rings is 1. The fourth-order valence-corrected chi connectivity index (χ4v) is 2.75. The second-order valence-corrected chi connectivity index (χ2v) is 5.56. The molecule has 1 aromatic heterocycles. The van der Waals surface area contributed by atoms with Crippen LogP contribution in [-0.2, 0) is 6.54 Å². The van der Waals surface area contributed by atoms with Gasteiger partial charge in [0, 0.05) is 23.2 Å². The van der Waals surface area contributed by atoms with E-state index in [-0.39, 0.29) is 0 Å². The molecular weight excluding hydrogens is 242 g/mol. The number of nitrogen functional groups attached to an aromatic ring is 1. The summed E-state index contributed by atoms with van der Waals surface area (Å²) in [5, 5.41) is 0. The summed E-state index contributed by atoms with van der Waals surface area (Å²) >= 11 is 1.72. The van der Waals surface area contributed by atoms with Crippen LogP contribution in [0.25, 0.3) is 0 Å². The Labute approximate surface area is 112 Å². The van der Waals surface area contributed by atoms with Crippen LogP contribution in [0.2, 0.25) is 0 Å². The third-order valence-electron chi connectivity index (χ3n) is 3.29. The van der Waals surface area contributed by atoms with Crippen LogP contribution in [0.5, 0.6) is 0 Å². The lowest BCUT2D eigenvalue weighted by Gasteiger charge is -2.24. The molecule has 0 saturated carbocycles. The van der Waals surface area contributed by atoms with Gasteiger partial charge in [-0.25, -0.2) is 4.98 Å². The van der Waals surface area contributed by atoms with Gasteiger partial charge in [-0.05, 0) is 38.6 Å². The van der Waals surface area contributed by atoms with Crippen LogP contribution < -0.4 is 5.73 Å². The van der Waals surface area contributed by atoms with Crippen LogP contribution >= 0.6 is 11.3 Å². The van der Waals surface area contributed by atoms with E-state index in [9.17, 15) is 0 Å². The van der Waals surface area contributed by atoms with E-state index in [1.165, 1.54) is 10.4 Å². The Bertz CT molecular complexity index is 521. The number of hydrogen-bond acceptors (Lipinski definition) is 4. The Morgan fingerprint density at radius 3 is 2.83 bits per heavy atom. The molecular formula is C14H19N3S. The van der Waals surface area contributed by atoms with Crippen molar-refractivity contribution < 1.29 is 0 Å². The lowest BCUT2D eigenvalue weighted by atomic mass is 10.1. The van der Waals surface area contributed by atoms with Crippen molar-refractivity contribution >= 4 is 17.0 Å². The van der Waals surface area contributed by atoms with E-state index >= 15 is 0 Å². The van der Waals surface area contributed by atoms with Gasteiger partial charge in [-0.1, -0.05) is 12.1 Å². The minimum absolute atomic E-state index is 0.343. The van der Waals surface area contributed by atoms with Crippen LogP contribution in [-0.4, -0.2) is 16.9 Å². The van der Waals surface area contributed by atoms with E-state index in [2.05, 4.69) is 36.8 Å². The highest BCUT2D eigenvalue weighted by atomic mass is 32.1. The molecule has 0 bridgehead atoms. The smallest absolute Gasteiger partial charge is 0.0798 e. The number of hydrogen-bond donors (Lipinski definition) is 1. The van der Waals surface area contributed by atoms with E-state index in [1.54, 1.807) is 11.3 Å². The van der Waals surface area contributed by atoms with Gasteiger partial charge in [0.25, 0.3) is 0 Å². The zero-order valence-electron chi connectivity index (χ0n) is 11.1. The molecule has 96 valence electrons. The summed E-state index contributed by atoms with van der Waals surface area (Å²) < 4.78 is 0. The molecule has 1 atom stereocenters. The van der Waals surface area contributed by atoms with E-state index < -0.39 is 0 Å². The summed E-state index contributed by atoms with van der Waals surface area (Å²) in [6.07, 6.45) is 0. The standard InChI is InChI=1S/C14H19N3S/c1-10-14(18-9-16-10)8-17(3)11(2)12-5-4-6-13(15)7-12/h4-7,9,11H,8,15H2,1-3H3. The first kappa shape index (κ1) is 13.1. The Kier molecular flexibility index (Phi) is 3.99. The maximum Gasteiger partial charge on any atom is 0.0798 e. The minimum atomic E-state index is 0.343. The number of rotatable bonds is 4. The average molecular weight is 261 g/mol. The molecule has 1 unspecified atom stereocenters. The van der Waals surface area contributed by atoms with Crippen molar-refractivity contribution in [3.05, 3.63) is 45.9 Å². The Morgan fingerprint density at radius 1 is 1.44 bits per heavy atom. The fourth-order valence-electron chi connectivity index (χ4n) is 1.91. The summed E-state index contributed by atoms with van der Waals surface area (Å²) in [7, 11) is 2.13. The maximum absolute atomic E-state index is 5.83. The van der Waals surface area contributed by atoms with Crippen molar-refractivity contribution in [1.82, 2.24) is 9.88 Å². The van der Waals surface area contributed by atoms with Crippen molar-refractivity contribution in [2.75, 3.05) is 12.8 Å². The number of aromatic nitrogens is 1. The molecule has 0 aliphatic rings. The van der Waals surface area contributed by atoms with Crippen molar-refractivity contribution in [2.24, 2.45) is 0 Å². The summed E-state index contributed by atoms with van der Waals surface area (Å²) in [6, 6.07) is 8.43. The van der Waals surface area contributed by atoms with E-state index in [1.807, 2.05) is 23.7 Å².